The number of Topliss-reactive ketones (excluding diaryl/α,β-unsaturated/α-hetero) is 1. The number of nitriles is 1. The Morgan fingerprint density at radius 1 is 1.17 bits per heavy atom. The summed E-state index contributed by atoms with van der Waals surface area (Å²) in [4.78, 5) is 25.9. The van der Waals surface area contributed by atoms with Gasteiger partial charge in [0.1, 0.15) is 6.61 Å². The predicted octanol–water partition coefficient (Wildman–Crippen LogP) is 7.29. The molecule has 1 heterocycles. The molecule has 2 N–H and O–H groups in total. The largest absolute Gasteiger partial charge is 0.490 e. The van der Waals surface area contributed by atoms with Crippen molar-refractivity contribution < 1.29 is 19.1 Å². The summed E-state index contributed by atoms with van der Waals surface area (Å²) < 4.78 is 13.0. The maximum atomic E-state index is 13.5. The number of hydrogen-bond acceptors (Lipinski definition) is 6. The van der Waals surface area contributed by atoms with Crippen LogP contribution in [0.3, 0.4) is 0 Å². The zero-order valence-electron chi connectivity index (χ0n) is 23.8. The van der Waals surface area contributed by atoms with Crippen LogP contribution in [0.2, 0.25) is 0 Å². The van der Waals surface area contributed by atoms with Crippen molar-refractivity contribution in [3.05, 3.63) is 74.5 Å². The van der Waals surface area contributed by atoms with E-state index in [1.165, 1.54) is 0 Å². The lowest BCUT2D eigenvalue weighted by Crippen LogP contribution is -2.34. The number of anilines is 1. The van der Waals surface area contributed by atoms with Crippen LogP contribution in [0.15, 0.2) is 63.4 Å². The van der Waals surface area contributed by atoms with E-state index in [0.717, 1.165) is 60.3 Å². The average molecular weight is 619 g/mol. The highest BCUT2D eigenvalue weighted by atomic mass is 79.9. The van der Waals surface area contributed by atoms with Gasteiger partial charge in [-0.25, -0.2) is 0 Å². The van der Waals surface area contributed by atoms with Gasteiger partial charge in [0.15, 0.2) is 17.3 Å². The van der Waals surface area contributed by atoms with Gasteiger partial charge < -0.3 is 20.1 Å². The number of dihydropyridines is 1. The molecule has 214 valence electrons. The fraction of sp³-hybridized carbons (Fsp3) is 0.424. The molecule has 1 saturated carbocycles. The summed E-state index contributed by atoms with van der Waals surface area (Å²) in [5.41, 5.74) is 5.32. The second-order valence-electron chi connectivity index (χ2n) is 11.1. The standard InChI is InChI=1S/C33H36BrN3O4/c1-4-8-20-13-27-31(28(38)14-20)30(24(17-35)19(3)36-27)23-15-25(34)32(29(16-23)40-5-2)41-18-22-9-6-7-10-26(22)37-33(39)21-11-12-21/h6-7,9-10,15-16,20-21,30,36H,4-5,8,11-14,18H2,1-3H3,(H,37,39). The van der Waals surface area contributed by atoms with E-state index in [4.69, 9.17) is 9.47 Å². The fourth-order valence-electron chi connectivity index (χ4n) is 5.87. The normalized spacial score (nSPS) is 20.2. The molecule has 2 atom stereocenters. The van der Waals surface area contributed by atoms with Gasteiger partial charge >= 0.3 is 0 Å². The third kappa shape index (κ3) is 6.20. The zero-order chi connectivity index (χ0) is 29.1. The van der Waals surface area contributed by atoms with E-state index in [-0.39, 0.29) is 24.2 Å². The SMILES string of the molecule is CCCC1CC(=O)C2=C(C1)NC(C)=C(C#N)C2c1cc(Br)c(OCc2ccccc2NC(=O)C2CC2)c(OCC)c1. The molecule has 0 radical (unpaired) electrons. The molecule has 3 aliphatic rings. The van der Waals surface area contributed by atoms with Crippen molar-refractivity contribution in [1.82, 2.24) is 5.32 Å². The maximum Gasteiger partial charge on any atom is 0.227 e. The Morgan fingerprint density at radius 3 is 2.66 bits per heavy atom. The van der Waals surface area contributed by atoms with E-state index in [9.17, 15) is 14.9 Å². The Morgan fingerprint density at radius 2 is 1.95 bits per heavy atom. The maximum absolute atomic E-state index is 13.5. The van der Waals surface area contributed by atoms with Crippen LogP contribution in [-0.4, -0.2) is 18.3 Å². The van der Waals surface area contributed by atoms with Crippen LogP contribution in [0.5, 0.6) is 11.5 Å². The van der Waals surface area contributed by atoms with Gasteiger partial charge in [-0.1, -0.05) is 31.5 Å². The Hall–Kier alpha value is -3.57. The van der Waals surface area contributed by atoms with Crippen LogP contribution in [0, 0.1) is 23.2 Å². The number of hydrogen-bond donors (Lipinski definition) is 2. The molecular weight excluding hydrogens is 582 g/mol. The molecule has 0 aromatic heterocycles. The summed E-state index contributed by atoms with van der Waals surface area (Å²) in [5, 5.41) is 16.6. The number of ketones is 1. The Balaban J connectivity index is 1.47. The van der Waals surface area contributed by atoms with Crippen molar-refractivity contribution in [2.24, 2.45) is 11.8 Å². The lowest BCUT2D eigenvalue weighted by Gasteiger charge is -2.35. The lowest BCUT2D eigenvalue weighted by atomic mass is 9.72. The first-order valence-electron chi connectivity index (χ1n) is 14.5. The molecule has 2 aromatic rings. The van der Waals surface area contributed by atoms with Gasteiger partial charge in [0, 0.05) is 40.6 Å². The van der Waals surface area contributed by atoms with Crippen molar-refractivity contribution in [2.75, 3.05) is 11.9 Å². The number of ether oxygens (including phenoxy) is 2. The topological polar surface area (TPSA) is 100 Å². The second-order valence-corrected chi connectivity index (χ2v) is 11.9. The van der Waals surface area contributed by atoms with E-state index >= 15 is 0 Å². The van der Waals surface area contributed by atoms with Gasteiger partial charge in [0.2, 0.25) is 5.91 Å². The molecule has 8 heteroatoms. The van der Waals surface area contributed by atoms with Gasteiger partial charge in [-0.3, -0.25) is 9.59 Å². The summed E-state index contributed by atoms with van der Waals surface area (Å²) in [7, 11) is 0. The molecule has 0 bridgehead atoms. The van der Waals surface area contributed by atoms with Crippen molar-refractivity contribution >= 4 is 33.3 Å². The molecule has 41 heavy (non-hydrogen) atoms. The molecule has 2 aromatic carbocycles. The zero-order valence-corrected chi connectivity index (χ0v) is 25.4. The van der Waals surface area contributed by atoms with Crippen molar-refractivity contribution in [3.8, 4) is 17.6 Å². The van der Waals surface area contributed by atoms with E-state index in [2.05, 4.69) is 39.6 Å². The lowest BCUT2D eigenvalue weighted by molar-refractivity contribution is -0.118. The molecule has 2 unspecified atom stereocenters. The van der Waals surface area contributed by atoms with Crippen LogP contribution < -0.4 is 20.1 Å². The highest BCUT2D eigenvalue weighted by molar-refractivity contribution is 9.10. The molecule has 0 saturated heterocycles. The number of nitrogens with one attached hydrogen (secondary N) is 2. The first-order chi connectivity index (χ1) is 19.8. The quantitative estimate of drug-likeness (QED) is 0.290. The number of carbonyl (C=O) groups is 2. The van der Waals surface area contributed by atoms with Crippen LogP contribution in [0.1, 0.15) is 76.3 Å². The van der Waals surface area contributed by atoms with Gasteiger partial charge in [-0.05, 0) is 85.1 Å². The molecule has 5 rings (SSSR count). The van der Waals surface area contributed by atoms with E-state index in [1.54, 1.807) is 0 Å². The predicted molar refractivity (Wildman–Crippen MR) is 161 cm³/mol. The minimum Gasteiger partial charge on any atom is -0.490 e. The Labute approximate surface area is 250 Å². The van der Waals surface area contributed by atoms with Crippen molar-refractivity contribution in [3.63, 3.8) is 0 Å². The Kier molecular flexibility index (Phi) is 8.84. The third-order valence-corrected chi connectivity index (χ3v) is 8.58. The van der Waals surface area contributed by atoms with Crippen molar-refractivity contribution in [2.45, 2.75) is 71.8 Å². The van der Waals surface area contributed by atoms with E-state index in [1.807, 2.05) is 50.2 Å². The van der Waals surface area contributed by atoms with Crippen molar-refractivity contribution in [1.29, 1.82) is 5.26 Å². The number of rotatable bonds is 10. The first-order valence-corrected chi connectivity index (χ1v) is 15.3. The van der Waals surface area contributed by atoms with E-state index < -0.39 is 5.92 Å². The monoisotopic (exact) mass is 617 g/mol. The number of benzene rings is 2. The Bertz CT molecular complexity index is 1470. The van der Waals surface area contributed by atoms with Gasteiger partial charge in [-0.15, -0.1) is 0 Å². The second kappa shape index (κ2) is 12.5. The van der Waals surface area contributed by atoms with Crippen LogP contribution in [-0.2, 0) is 16.2 Å². The molecule has 7 nitrogen and oxygen atoms in total. The smallest absolute Gasteiger partial charge is 0.227 e. The molecule has 1 fully saturated rings. The summed E-state index contributed by atoms with van der Waals surface area (Å²) >= 11 is 3.69. The van der Waals surface area contributed by atoms with E-state index in [0.29, 0.717) is 46.1 Å². The van der Waals surface area contributed by atoms with Gasteiger partial charge in [0.25, 0.3) is 0 Å². The molecule has 2 aliphatic carbocycles. The molecular formula is C33H36BrN3O4. The highest BCUT2D eigenvalue weighted by Crippen LogP contribution is 2.47. The van der Waals surface area contributed by atoms with Crippen LogP contribution in [0.25, 0.3) is 0 Å². The van der Waals surface area contributed by atoms with Crippen LogP contribution in [0.4, 0.5) is 5.69 Å². The number of allylic oxidation sites excluding steroid dienone is 4. The number of amides is 1. The number of carbonyl (C=O) groups excluding carboxylic acids is 2. The summed E-state index contributed by atoms with van der Waals surface area (Å²) in [6, 6.07) is 13.8. The van der Waals surface area contributed by atoms with Gasteiger partial charge in [0.05, 0.1) is 28.6 Å². The molecule has 1 aliphatic heterocycles. The number of nitrogens with zero attached hydrogens (tertiary/aromatic N) is 1. The number of para-hydroxylation sites is 1. The fourth-order valence-corrected chi connectivity index (χ4v) is 6.44. The molecule has 1 amide bonds. The number of halogens is 1. The summed E-state index contributed by atoms with van der Waals surface area (Å²) in [6.45, 7) is 6.59. The van der Waals surface area contributed by atoms with Crippen LogP contribution >= 0.6 is 15.9 Å². The van der Waals surface area contributed by atoms with Gasteiger partial charge in [-0.2, -0.15) is 5.26 Å². The summed E-state index contributed by atoms with van der Waals surface area (Å²) in [5.74, 6) is 1.14. The highest BCUT2D eigenvalue weighted by Gasteiger charge is 2.39. The average Bonchev–Trinajstić information content (AvgIpc) is 3.79. The molecule has 0 spiro atoms. The first kappa shape index (κ1) is 28.9. The minimum absolute atomic E-state index is 0.0450. The third-order valence-electron chi connectivity index (χ3n) is 7.99. The summed E-state index contributed by atoms with van der Waals surface area (Å²) in [6.07, 6.45) is 5.21. The minimum atomic E-state index is -0.478.